The zero-order valence-electron chi connectivity index (χ0n) is 11.0. The van der Waals surface area contributed by atoms with Gasteiger partial charge < -0.3 is 5.73 Å². The summed E-state index contributed by atoms with van der Waals surface area (Å²) in [6.45, 7) is 2.16. The fourth-order valence-electron chi connectivity index (χ4n) is 1.88. The molecule has 0 fully saturated rings. The fourth-order valence-corrected chi connectivity index (χ4v) is 3.91. The highest BCUT2D eigenvalue weighted by Gasteiger charge is 2.23. The predicted octanol–water partition coefficient (Wildman–Crippen LogP) is 3.25. The van der Waals surface area contributed by atoms with Crippen LogP contribution in [0.3, 0.4) is 0 Å². The van der Waals surface area contributed by atoms with Crippen LogP contribution in [0.4, 0.5) is 11.4 Å². The molecule has 0 amide bonds. The first-order valence-electron chi connectivity index (χ1n) is 6.09. The van der Waals surface area contributed by atoms with Crippen molar-refractivity contribution in [1.82, 2.24) is 0 Å². The smallest absolute Gasteiger partial charge is 0.264 e. The van der Waals surface area contributed by atoms with Gasteiger partial charge in [-0.05, 0) is 53.2 Å². The molecule has 0 bridgehead atoms. The lowest BCUT2D eigenvalue weighted by Crippen LogP contribution is -2.30. The van der Waals surface area contributed by atoms with Crippen LogP contribution in [0, 0.1) is 0 Å². The van der Waals surface area contributed by atoms with Crippen LogP contribution in [-0.2, 0) is 10.0 Å². The number of rotatable bonds is 4. The number of hydrogen-bond acceptors (Lipinski definition) is 3. The summed E-state index contributed by atoms with van der Waals surface area (Å²) in [5.74, 6) is 0. The molecule has 0 saturated heterocycles. The maximum absolute atomic E-state index is 12.7. The van der Waals surface area contributed by atoms with Crippen LogP contribution < -0.4 is 10.0 Å². The van der Waals surface area contributed by atoms with Gasteiger partial charge in [0.2, 0.25) is 0 Å². The van der Waals surface area contributed by atoms with E-state index in [-0.39, 0.29) is 4.90 Å². The van der Waals surface area contributed by atoms with Gasteiger partial charge in [0.05, 0.1) is 10.6 Å². The van der Waals surface area contributed by atoms with Gasteiger partial charge in [0.15, 0.2) is 0 Å². The zero-order chi connectivity index (χ0) is 14.8. The van der Waals surface area contributed by atoms with Gasteiger partial charge in [0.1, 0.15) is 0 Å². The van der Waals surface area contributed by atoms with Crippen LogP contribution in [0.2, 0.25) is 0 Å². The number of para-hydroxylation sites is 1. The van der Waals surface area contributed by atoms with Crippen molar-refractivity contribution < 1.29 is 8.42 Å². The van der Waals surface area contributed by atoms with Gasteiger partial charge in [-0.1, -0.05) is 18.2 Å². The van der Waals surface area contributed by atoms with Gasteiger partial charge in [-0.15, -0.1) is 0 Å². The highest BCUT2D eigenvalue weighted by molar-refractivity contribution is 9.10. The third-order valence-corrected chi connectivity index (χ3v) is 5.48. The highest BCUT2D eigenvalue weighted by atomic mass is 79.9. The summed E-state index contributed by atoms with van der Waals surface area (Å²) in [5, 5.41) is 0. The molecule has 20 heavy (non-hydrogen) atoms. The molecule has 2 rings (SSSR count). The summed E-state index contributed by atoms with van der Waals surface area (Å²) in [6.07, 6.45) is 0. The minimum Gasteiger partial charge on any atom is -0.398 e. The van der Waals surface area contributed by atoms with Crippen LogP contribution in [0.25, 0.3) is 0 Å². The van der Waals surface area contributed by atoms with Crippen molar-refractivity contribution in [2.45, 2.75) is 11.8 Å². The van der Waals surface area contributed by atoms with E-state index in [0.717, 1.165) is 0 Å². The molecule has 0 aliphatic heterocycles. The van der Waals surface area contributed by atoms with E-state index in [1.807, 2.05) is 18.2 Å². The normalized spacial score (nSPS) is 11.3. The van der Waals surface area contributed by atoms with Crippen LogP contribution in [0.15, 0.2) is 57.9 Å². The van der Waals surface area contributed by atoms with Gasteiger partial charge in [0, 0.05) is 16.7 Å². The van der Waals surface area contributed by atoms with E-state index in [4.69, 9.17) is 5.73 Å². The molecule has 2 aromatic rings. The molecule has 2 aromatic carbocycles. The SMILES string of the molecule is CCN(c1ccccc1)S(=O)(=O)c1ccc(N)c(Br)c1. The minimum absolute atomic E-state index is 0.212. The first-order chi connectivity index (χ1) is 9.46. The predicted molar refractivity (Wildman–Crippen MR) is 85.2 cm³/mol. The molecule has 106 valence electrons. The molecule has 2 N–H and O–H groups in total. The van der Waals surface area contributed by atoms with Gasteiger partial charge >= 0.3 is 0 Å². The van der Waals surface area contributed by atoms with Crippen molar-refractivity contribution in [2.75, 3.05) is 16.6 Å². The molecule has 0 spiro atoms. The summed E-state index contributed by atoms with van der Waals surface area (Å²) in [6, 6.07) is 13.6. The maximum atomic E-state index is 12.7. The van der Waals surface area contributed by atoms with Crippen molar-refractivity contribution in [3.05, 3.63) is 53.0 Å². The molecule has 0 aromatic heterocycles. The Morgan fingerprint density at radius 3 is 2.35 bits per heavy atom. The van der Waals surface area contributed by atoms with Crippen LogP contribution >= 0.6 is 15.9 Å². The number of anilines is 2. The van der Waals surface area contributed by atoms with E-state index in [0.29, 0.717) is 22.4 Å². The third-order valence-electron chi connectivity index (χ3n) is 2.89. The highest BCUT2D eigenvalue weighted by Crippen LogP contribution is 2.27. The van der Waals surface area contributed by atoms with E-state index in [1.165, 1.54) is 16.4 Å². The van der Waals surface area contributed by atoms with Crippen LogP contribution in [-0.4, -0.2) is 15.0 Å². The Hall–Kier alpha value is -1.53. The van der Waals surface area contributed by atoms with Gasteiger partial charge in [0.25, 0.3) is 10.0 Å². The Labute approximate surface area is 127 Å². The van der Waals surface area contributed by atoms with E-state index < -0.39 is 10.0 Å². The molecule has 4 nitrogen and oxygen atoms in total. The molecule has 6 heteroatoms. The average Bonchev–Trinajstić information content (AvgIpc) is 2.43. The fraction of sp³-hybridized carbons (Fsp3) is 0.143. The summed E-state index contributed by atoms with van der Waals surface area (Å²) in [7, 11) is -3.60. The van der Waals surface area contributed by atoms with Gasteiger partial charge in [-0.3, -0.25) is 4.31 Å². The van der Waals surface area contributed by atoms with Gasteiger partial charge in [-0.2, -0.15) is 0 Å². The molecule has 0 aliphatic carbocycles. The number of nitrogens with two attached hydrogens (primary N) is 1. The Balaban J connectivity index is 2.50. The molecule has 0 heterocycles. The monoisotopic (exact) mass is 354 g/mol. The second-order valence-electron chi connectivity index (χ2n) is 4.19. The van der Waals surface area contributed by atoms with E-state index in [2.05, 4.69) is 15.9 Å². The molecule has 0 aliphatic rings. The molecule has 0 unspecified atom stereocenters. The molecular weight excluding hydrogens is 340 g/mol. The summed E-state index contributed by atoms with van der Waals surface area (Å²) in [5.41, 5.74) is 6.84. The van der Waals surface area contributed by atoms with Crippen LogP contribution in [0.5, 0.6) is 0 Å². The second-order valence-corrected chi connectivity index (χ2v) is 6.91. The van der Waals surface area contributed by atoms with E-state index in [9.17, 15) is 8.42 Å². The molecule has 0 saturated carbocycles. The molecule has 0 radical (unpaired) electrons. The average molecular weight is 355 g/mol. The zero-order valence-corrected chi connectivity index (χ0v) is 13.4. The Morgan fingerprint density at radius 2 is 1.80 bits per heavy atom. The Kier molecular flexibility index (Phi) is 4.35. The number of halogens is 1. The summed E-state index contributed by atoms with van der Waals surface area (Å²) < 4.78 is 27.3. The minimum atomic E-state index is -3.60. The quantitative estimate of drug-likeness (QED) is 0.857. The lowest BCUT2D eigenvalue weighted by Gasteiger charge is -2.23. The van der Waals surface area contributed by atoms with E-state index >= 15 is 0 Å². The summed E-state index contributed by atoms with van der Waals surface area (Å²) in [4.78, 5) is 0.212. The first-order valence-corrected chi connectivity index (χ1v) is 8.33. The van der Waals surface area contributed by atoms with Crippen molar-refractivity contribution in [2.24, 2.45) is 0 Å². The van der Waals surface area contributed by atoms with Crippen molar-refractivity contribution in [3.63, 3.8) is 0 Å². The standard InChI is InChI=1S/C14H15BrN2O2S/c1-2-17(11-6-4-3-5-7-11)20(18,19)12-8-9-14(16)13(15)10-12/h3-10H,2,16H2,1H3. The van der Waals surface area contributed by atoms with Crippen LogP contribution in [0.1, 0.15) is 6.92 Å². The van der Waals surface area contributed by atoms with E-state index in [1.54, 1.807) is 25.1 Å². The third kappa shape index (κ3) is 2.81. The van der Waals surface area contributed by atoms with Crippen molar-refractivity contribution in [1.29, 1.82) is 0 Å². The lowest BCUT2D eigenvalue weighted by atomic mass is 10.3. The molecule has 0 atom stereocenters. The largest absolute Gasteiger partial charge is 0.398 e. The maximum Gasteiger partial charge on any atom is 0.264 e. The number of hydrogen-bond donors (Lipinski definition) is 1. The number of sulfonamides is 1. The first kappa shape index (κ1) is 14.9. The number of nitrogen functional groups attached to an aromatic ring is 1. The number of nitrogens with zero attached hydrogens (tertiary/aromatic N) is 1. The summed E-state index contributed by atoms with van der Waals surface area (Å²) >= 11 is 3.26. The topological polar surface area (TPSA) is 63.4 Å². The van der Waals surface area contributed by atoms with Crippen molar-refractivity contribution in [3.8, 4) is 0 Å². The Morgan fingerprint density at radius 1 is 1.15 bits per heavy atom. The van der Waals surface area contributed by atoms with Crippen molar-refractivity contribution >= 4 is 37.3 Å². The second kappa shape index (κ2) is 5.85. The van der Waals surface area contributed by atoms with Gasteiger partial charge in [-0.25, -0.2) is 8.42 Å². The lowest BCUT2D eigenvalue weighted by molar-refractivity contribution is 0.592. The number of benzene rings is 2. The molecular formula is C14H15BrN2O2S. The Bertz CT molecular complexity index is 702.